The smallest absolute Gasteiger partial charge is 0.164 e. The highest BCUT2D eigenvalue weighted by Crippen LogP contribution is 2.29. The van der Waals surface area contributed by atoms with Crippen LogP contribution in [-0.2, 0) is 4.74 Å². The molecule has 0 bridgehead atoms. The van der Waals surface area contributed by atoms with Crippen LogP contribution in [0.15, 0.2) is 18.2 Å². The van der Waals surface area contributed by atoms with Crippen LogP contribution in [0.3, 0.4) is 0 Å². The molecule has 0 saturated carbocycles. The summed E-state index contributed by atoms with van der Waals surface area (Å²) < 4.78 is 19.3. The van der Waals surface area contributed by atoms with Crippen LogP contribution in [0.2, 0.25) is 0 Å². The van der Waals surface area contributed by atoms with Crippen LogP contribution in [0.25, 0.3) is 0 Å². The number of ketones is 1. The van der Waals surface area contributed by atoms with Crippen LogP contribution >= 0.6 is 0 Å². The van der Waals surface area contributed by atoms with Gasteiger partial charge >= 0.3 is 0 Å². The molecule has 0 aromatic heterocycles. The molecule has 2 atom stereocenters. The van der Waals surface area contributed by atoms with Gasteiger partial charge in [0.25, 0.3) is 0 Å². The molecule has 4 heteroatoms. The highest BCUT2D eigenvalue weighted by Gasteiger charge is 2.28. The van der Waals surface area contributed by atoms with Gasteiger partial charge < -0.3 is 9.64 Å². The van der Waals surface area contributed by atoms with Gasteiger partial charge in [-0.2, -0.15) is 0 Å². The molecule has 1 fully saturated rings. The maximum absolute atomic E-state index is 13.8. The highest BCUT2D eigenvalue weighted by atomic mass is 19.1. The Labute approximate surface area is 113 Å². The lowest BCUT2D eigenvalue weighted by Crippen LogP contribution is -2.44. The zero-order chi connectivity index (χ0) is 14.0. The number of methoxy groups -OCH3 is 1. The second kappa shape index (κ2) is 5.70. The van der Waals surface area contributed by atoms with Gasteiger partial charge in [-0.05, 0) is 31.4 Å². The van der Waals surface area contributed by atoms with Gasteiger partial charge in [-0.25, -0.2) is 4.39 Å². The minimum Gasteiger partial charge on any atom is -0.379 e. The van der Waals surface area contributed by atoms with Crippen LogP contribution in [0, 0.1) is 11.7 Å². The van der Waals surface area contributed by atoms with Crippen molar-refractivity contribution in [2.24, 2.45) is 5.92 Å². The number of hydrogen-bond donors (Lipinski definition) is 0. The van der Waals surface area contributed by atoms with Crippen LogP contribution in [0.5, 0.6) is 0 Å². The van der Waals surface area contributed by atoms with Gasteiger partial charge in [0.2, 0.25) is 0 Å². The minimum atomic E-state index is -0.447. The number of ether oxygens (including phenoxy) is 1. The van der Waals surface area contributed by atoms with E-state index in [1.807, 2.05) is 11.0 Å². The van der Waals surface area contributed by atoms with Gasteiger partial charge in [0, 0.05) is 20.2 Å². The predicted molar refractivity (Wildman–Crippen MR) is 73.2 cm³/mol. The highest BCUT2D eigenvalue weighted by molar-refractivity contribution is 6.00. The third kappa shape index (κ3) is 2.78. The van der Waals surface area contributed by atoms with Crippen LogP contribution in [-0.4, -0.2) is 32.1 Å². The molecule has 2 rings (SSSR count). The lowest BCUT2D eigenvalue weighted by atomic mass is 9.94. The van der Waals surface area contributed by atoms with Crippen molar-refractivity contribution in [3.05, 3.63) is 29.6 Å². The Bertz CT molecular complexity index is 475. The summed E-state index contributed by atoms with van der Waals surface area (Å²) in [6.07, 6.45) is 1.10. The first-order valence-electron chi connectivity index (χ1n) is 6.61. The number of Topliss-reactive ketones (excluding diaryl/α,β-unsaturated/α-hetero) is 1. The molecule has 1 aliphatic rings. The number of halogens is 1. The van der Waals surface area contributed by atoms with E-state index in [0.717, 1.165) is 13.0 Å². The number of benzene rings is 1. The first-order valence-corrected chi connectivity index (χ1v) is 6.61. The Morgan fingerprint density at radius 2 is 2.21 bits per heavy atom. The van der Waals surface area contributed by atoms with E-state index in [-0.39, 0.29) is 17.5 Å². The molecule has 0 spiro atoms. The van der Waals surface area contributed by atoms with E-state index in [2.05, 4.69) is 6.92 Å². The molecule has 1 heterocycles. The molecule has 2 unspecified atom stereocenters. The van der Waals surface area contributed by atoms with E-state index in [1.54, 1.807) is 13.2 Å². The molecule has 19 heavy (non-hydrogen) atoms. The van der Waals surface area contributed by atoms with Crippen LogP contribution < -0.4 is 4.90 Å². The lowest BCUT2D eigenvalue weighted by Gasteiger charge is -2.38. The van der Waals surface area contributed by atoms with Crippen molar-refractivity contribution in [1.82, 2.24) is 0 Å². The van der Waals surface area contributed by atoms with Crippen molar-refractivity contribution in [3.8, 4) is 0 Å². The second-order valence-electron chi connectivity index (χ2n) is 5.18. The molecule has 1 saturated heterocycles. The Balaban J connectivity index is 2.32. The van der Waals surface area contributed by atoms with Crippen molar-refractivity contribution in [2.75, 3.05) is 25.1 Å². The number of carbonyl (C=O) groups excluding carboxylic acids is 1. The first kappa shape index (κ1) is 14.0. The number of piperidine rings is 1. The third-order valence-corrected chi connectivity index (χ3v) is 3.88. The average Bonchev–Trinajstić information content (AvgIpc) is 2.38. The summed E-state index contributed by atoms with van der Waals surface area (Å²) in [7, 11) is 1.70. The molecule has 1 aromatic rings. The SMILES string of the molecule is COC1CN(c2cccc(F)c2C(C)=O)CCC1C. The summed E-state index contributed by atoms with van der Waals surface area (Å²) in [5.74, 6) is -0.200. The van der Waals surface area contributed by atoms with Gasteiger partial charge in [0.1, 0.15) is 5.82 Å². The quantitative estimate of drug-likeness (QED) is 0.787. The Morgan fingerprint density at radius 3 is 2.84 bits per heavy atom. The Kier molecular flexibility index (Phi) is 4.20. The molecule has 0 aliphatic carbocycles. The molecule has 3 nitrogen and oxygen atoms in total. The maximum Gasteiger partial charge on any atom is 0.164 e. The van der Waals surface area contributed by atoms with E-state index >= 15 is 0 Å². The largest absolute Gasteiger partial charge is 0.379 e. The first-order chi connectivity index (χ1) is 9.04. The molecular weight excluding hydrogens is 245 g/mol. The molecule has 0 amide bonds. The monoisotopic (exact) mass is 265 g/mol. The second-order valence-corrected chi connectivity index (χ2v) is 5.18. The van der Waals surface area contributed by atoms with Crippen molar-refractivity contribution in [3.63, 3.8) is 0 Å². The molecule has 104 valence electrons. The fraction of sp³-hybridized carbons (Fsp3) is 0.533. The molecule has 0 radical (unpaired) electrons. The van der Waals surface area contributed by atoms with Crippen molar-refractivity contribution in [1.29, 1.82) is 0 Å². The summed E-state index contributed by atoms with van der Waals surface area (Å²) in [5.41, 5.74) is 0.869. The number of nitrogens with zero attached hydrogens (tertiary/aromatic N) is 1. The number of carbonyl (C=O) groups is 1. The summed E-state index contributed by atoms with van der Waals surface area (Å²) in [5, 5.41) is 0. The van der Waals surface area contributed by atoms with Crippen molar-refractivity contribution in [2.45, 2.75) is 26.4 Å². The average molecular weight is 265 g/mol. The lowest BCUT2D eigenvalue weighted by molar-refractivity contribution is 0.0497. The van der Waals surface area contributed by atoms with E-state index in [1.165, 1.54) is 13.0 Å². The fourth-order valence-electron chi connectivity index (χ4n) is 2.68. The zero-order valence-corrected chi connectivity index (χ0v) is 11.6. The van der Waals surface area contributed by atoms with Gasteiger partial charge in [-0.3, -0.25) is 4.79 Å². The molecular formula is C15H20FNO2. The van der Waals surface area contributed by atoms with Crippen molar-refractivity contribution >= 4 is 11.5 Å². The van der Waals surface area contributed by atoms with E-state index in [0.29, 0.717) is 18.2 Å². The van der Waals surface area contributed by atoms with Crippen LogP contribution in [0.1, 0.15) is 30.6 Å². The summed E-state index contributed by atoms with van der Waals surface area (Å²) in [4.78, 5) is 13.7. The number of hydrogen-bond acceptors (Lipinski definition) is 3. The molecule has 1 aliphatic heterocycles. The van der Waals surface area contributed by atoms with E-state index in [9.17, 15) is 9.18 Å². The number of anilines is 1. The fourth-order valence-corrected chi connectivity index (χ4v) is 2.68. The van der Waals surface area contributed by atoms with E-state index < -0.39 is 5.82 Å². The molecule has 1 aromatic carbocycles. The molecule has 0 N–H and O–H groups in total. The Morgan fingerprint density at radius 1 is 1.47 bits per heavy atom. The van der Waals surface area contributed by atoms with Crippen LogP contribution in [0.4, 0.5) is 10.1 Å². The Hall–Kier alpha value is -1.42. The maximum atomic E-state index is 13.8. The van der Waals surface area contributed by atoms with Gasteiger partial charge in [0.05, 0.1) is 17.4 Å². The summed E-state index contributed by atoms with van der Waals surface area (Å²) in [6, 6.07) is 4.79. The standard InChI is InChI=1S/C15H20FNO2/c1-10-7-8-17(9-14(10)19-3)13-6-4-5-12(16)15(13)11(2)18/h4-6,10,14H,7-9H2,1-3H3. The summed E-state index contributed by atoms with van der Waals surface area (Å²) in [6.45, 7) is 5.08. The van der Waals surface area contributed by atoms with Gasteiger partial charge in [0.15, 0.2) is 5.78 Å². The normalized spacial score (nSPS) is 23.5. The van der Waals surface area contributed by atoms with Gasteiger partial charge in [-0.15, -0.1) is 0 Å². The predicted octanol–water partition coefficient (Wildman–Crippen LogP) is 2.89. The third-order valence-electron chi connectivity index (χ3n) is 3.88. The zero-order valence-electron chi connectivity index (χ0n) is 11.6. The minimum absolute atomic E-state index is 0.122. The van der Waals surface area contributed by atoms with Crippen molar-refractivity contribution < 1.29 is 13.9 Å². The van der Waals surface area contributed by atoms with Gasteiger partial charge in [-0.1, -0.05) is 13.0 Å². The van der Waals surface area contributed by atoms with E-state index in [4.69, 9.17) is 4.74 Å². The summed E-state index contributed by atoms with van der Waals surface area (Å²) >= 11 is 0. The number of rotatable bonds is 3. The topological polar surface area (TPSA) is 29.5 Å².